The molecule has 0 fully saturated rings. The highest BCUT2D eigenvalue weighted by Crippen LogP contribution is 2.21. The third-order valence-corrected chi connectivity index (χ3v) is 4.76. The number of nitrogens with zero attached hydrogens (tertiary/aromatic N) is 1. The van der Waals surface area contributed by atoms with Gasteiger partial charge in [0.25, 0.3) is 5.91 Å². The van der Waals surface area contributed by atoms with Gasteiger partial charge in [-0.05, 0) is 52.1 Å². The van der Waals surface area contributed by atoms with Crippen LogP contribution in [0.1, 0.15) is 22.0 Å². The number of aryl methyl sites for hydroxylation is 1. The molecular formula is C22H20N2O2. The molecule has 2 N–H and O–H groups in total. The van der Waals surface area contributed by atoms with Gasteiger partial charge in [0.2, 0.25) is 0 Å². The molecule has 0 radical (unpaired) electrons. The molecule has 1 heterocycles. The molecule has 1 amide bonds. The van der Waals surface area contributed by atoms with Crippen LogP contribution in [-0.4, -0.2) is 22.1 Å². The van der Waals surface area contributed by atoms with E-state index in [0.29, 0.717) is 5.56 Å². The van der Waals surface area contributed by atoms with Gasteiger partial charge in [-0.3, -0.25) is 4.79 Å². The van der Waals surface area contributed by atoms with Crippen molar-refractivity contribution in [3.05, 3.63) is 84.1 Å². The lowest BCUT2D eigenvalue weighted by Gasteiger charge is -2.13. The molecular weight excluding hydrogens is 324 g/mol. The molecule has 0 bridgehead atoms. The number of carbonyl (C=O) groups is 1. The fourth-order valence-corrected chi connectivity index (χ4v) is 3.25. The number of aromatic nitrogens is 1. The molecule has 1 atom stereocenters. The van der Waals surface area contributed by atoms with Crippen molar-refractivity contribution >= 4 is 27.6 Å². The van der Waals surface area contributed by atoms with Gasteiger partial charge in [-0.2, -0.15) is 0 Å². The number of rotatable bonds is 4. The van der Waals surface area contributed by atoms with E-state index >= 15 is 0 Å². The highest BCUT2D eigenvalue weighted by molar-refractivity contribution is 5.98. The lowest BCUT2D eigenvalue weighted by molar-refractivity contribution is 0.0916. The summed E-state index contributed by atoms with van der Waals surface area (Å²) in [6.07, 6.45) is 1.24. The molecule has 4 aromatic rings. The van der Waals surface area contributed by atoms with Crippen LogP contribution in [-0.2, 0) is 7.05 Å². The number of aliphatic hydroxyl groups is 1. The average Bonchev–Trinajstić information content (AvgIpc) is 3.05. The van der Waals surface area contributed by atoms with Crippen molar-refractivity contribution in [2.75, 3.05) is 6.54 Å². The van der Waals surface area contributed by atoms with Gasteiger partial charge in [0, 0.05) is 30.9 Å². The first-order chi connectivity index (χ1) is 12.6. The van der Waals surface area contributed by atoms with Crippen LogP contribution in [0.2, 0.25) is 0 Å². The number of carbonyl (C=O) groups excluding carboxylic acids is 1. The van der Waals surface area contributed by atoms with E-state index in [1.165, 1.54) is 0 Å². The van der Waals surface area contributed by atoms with Crippen molar-refractivity contribution in [2.45, 2.75) is 6.10 Å². The Labute approximate surface area is 151 Å². The molecule has 130 valence electrons. The van der Waals surface area contributed by atoms with Crippen LogP contribution in [0, 0.1) is 0 Å². The molecule has 1 aromatic heterocycles. The van der Waals surface area contributed by atoms with Gasteiger partial charge in [0.15, 0.2) is 0 Å². The average molecular weight is 344 g/mol. The van der Waals surface area contributed by atoms with Crippen LogP contribution in [0.4, 0.5) is 0 Å². The Morgan fingerprint density at radius 1 is 1.00 bits per heavy atom. The molecule has 4 nitrogen and oxygen atoms in total. The summed E-state index contributed by atoms with van der Waals surface area (Å²) < 4.78 is 2.03. The van der Waals surface area contributed by atoms with Crippen molar-refractivity contribution < 1.29 is 9.90 Å². The van der Waals surface area contributed by atoms with E-state index in [4.69, 9.17) is 0 Å². The SMILES string of the molecule is Cn1ccc2cc(C(O)CNC(=O)c3ccc4ccccc4c3)ccc21. The summed E-state index contributed by atoms with van der Waals surface area (Å²) in [5, 5.41) is 16.4. The van der Waals surface area contributed by atoms with E-state index in [0.717, 1.165) is 27.2 Å². The summed E-state index contributed by atoms with van der Waals surface area (Å²) >= 11 is 0. The first-order valence-corrected chi connectivity index (χ1v) is 8.62. The smallest absolute Gasteiger partial charge is 0.251 e. The van der Waals surface area contributed by atoms with Crippen molar-refractivity contribution in [2.24, 2.45) is 7.05 Å². The zero-order chi connectivity index (χ0) is 18.1. The van der Waals surface area contributed by atoms with Crippen LogP contribution >= 0.6 is 0 Å². The maximum Gasteiger partial charge on any atom is 0.251 e. The number of fused-ring (bicyclic) bond motifs is 2. The Balaban J connectivity index is 1.46. The zero-order valence-electron chi connectivity index (χ0n) is 14.5. The molecule has 3 aromatic carbocycles. The number of hydrogen-bond donors (Lipinski definition) is 2. The number of hydrogen-bond acceptors (Lipinski definition) is 2. The van der Waals surface area contributed by atoms with Crippen molar-refractivity contribution in [1.82, 2.24) is 9.88 Å². The predicted octanol–water partition coefficient (Wildman–Crippen LogP) is 3.79. The third-order valence-electron chi connectivity index (χ3n) is 4.76. The summed E-state index contributed by atoms with van der Waals surface area (Å²) in [4.78, 5) is 12.4. The normalized spacial score (nSPS) is 12.4. The van der Waals surface area contributed by atoms with Gasteiger partial charge in [-0.15, -0.1) is 0 Å². The summed E-state index contributed by atoms with van der Waals surface area (Å²) in [6, 6.07) is 21.4. The maximum atomic E-state index is 12.4. The molecule has 1 unspecified atom stereocenters. The highest BCUT2D eigenvalue weighted by Gasteiger charge is 2.12. The quantitative estimate of drug-likeness (QED) is 0.592. The summed E-state index contributed by atoms with van der Waals surface area (Å²) in [5.74, 6) is -0.185. The first kappa shape index (κ1) is 16.4. The van der Waals surface area contributed by atoms with Crippen LogP contribution < -0.4 is 5.32 Å². The zero-order valence-corrected chi connectivity index (χ0v) is 14.5. The Morgan fingerprint density at radius 3 is 2.65 bits per heavy atom. The minimum Gasteiger partial charge on any atom is -0.387 e. The first-order valence-electron chi connectivity index (χ1n) is 8.62. The Morgan fingerprint density at radius 2 is 1.81 bits per heavy atom. The number of aliphatic hydroxyl groups excluding tert-OH is 1. The van der Waals surface area contributed by atoms with E-state index in [1.54, 1.807) is 6.07 Å². The summed E-state index contributed by atoms with van der Waals surface area (Å²) in [7, 11) is 1.99. The van der Waals surface area contributed by atoms with Gasteiger partial charge in [0.1, 0.15) is 0 Å². The Hall–Kier alpha value is -3.11. The molecule has 26 heavy (non-hydrogen) atoms. The van der Waals surface area contributed by atoms with E-state index in [9.17, 15) is 9.90 Å². The molecule has 0 aliphatic rings. The highest BCUT2D eigenvalue weighted by atomic mass is 16.3. The second-order valence-corrected chi connectivity index (χ2v) is 6.53. The van der Waals surface area contributed by atoms with Gasteiger partial charge in [0.05, 0.1) is 6.10 Å². The second-order valence-electron chi connectivity index (χ2n) is 6.53. The van der Waals surface area contributed by atoms with Crippen molar-refractivity contribution in [1.29, 1.82) is 0 Å². The molecule has 0 saturated heterocycles. The van der Waals surface area contributed by atoms with E-state index in [-0.39, 0.29) is 12.5 Å². The molecule has 0 saturated carbocycles. The molecule has 4 rings (SSSR count). The minimum absolute atomic E-state index is 0.171. The summed E-state index contributed by atoms with van der Waals surface area (Å²) in [5.41, 5.74) is 2.50. The fourth-order valence-electron chi connectivity index (χ4n) is 3.25. The van der Waals surface area contributed by atoms with Crippen molar-refractivity contribution in [3.8, 4) is 0 Å². The number of amides is 1. The van der Waals surface area contributed by atoms with Gasteiger partial charge >= 0.3 is 0 Å². The maximum absolute atomic E-state index is 12.4. The third kappa shape index (κ3) is 3.07. The standard InChI is InChI=1S/C22H20N2O2/c1-24-11-10-17-13-18(8-9-20(17)24)21(25)14-23-22(26)19-7-6-15-4-2-3-5-16(15)12-19/h2-13,21,25H,14H2,1H3,(H,23,26). The van der Waals surface area contributed by atoms with E-state index in [1.807, 2.05) is 78.5 Å². The largest absolute Gasteiger partial charge is 0.387 e. The fraction of sp³-hybridized carbons (Fsp3) is 0.136. The van der Waals surface area contributed by atoms with Crippen LogP contribution in [0.5, 0.6) is 0 Å². The molecule has 0 spiro atoms. The summed E-state index contributed by atoms with van der Waals surface area (Å²) in [6.45, 7) is 0.171. The predicted molar refractivity (Wildman–Crippen MR) is 104 cm³/mol. The molecule has 4 heteroatoms. The van der Waals surface area contributed by atoms with Crippen LogP contribution in [0.15, 0.2) is 72.9 Å². The molecule has 0 aliphatic carbocycles. The molecule has 0 aliphatic heterocycles. The lowest BCUT2D eigenvalue weighted by Crippen LogP contribution is -2.28. The van der Waals surface area contributed by atoms with Crippen LogP contribution in [0.3, 0.4) is 0 Å². The van der Waals surface area contributed by atoms with Crippen molar-refractivity contribution in [3.63, 3.8) is 0 Å². The lowest BCUT2D eigenvalue weighted by atomic mass is 10.1. The Bertz CT molecular complexity index is 1100. The van der Waals surface area contributed by atoms with E-state index < -0.39 is 6.10 Å². The minimum atomic E-state index is -0.746. The van der Waals surface area contributed by atoms with E-state index in [2.05, 4.69) is 5.32 Å². The number of benzene rings is 3. The van der Waals surface area contributed by atoms with Gasteiger partial charge in [-0.1, -0.05) is 36.4 Å². The monoisotopic (exact) mass is 344 g/mol. The number of nitrogens with one attached hydrogen (secondary N) is 1. The second kappa shape index (κ2) is 6.65. The van der Waals surface area contributed by atoms with Crippen LogP contribution in [0.25, 0.3) is 21.7 Å². The van der Waals surface area contributed by atoms with Gasteiger partial charge < -0.3 is 15.0 Å². The Kier molecular flexibility index (Phi) is 4.19. The van der Waals surface area contributed by atoms with Gasteiger partial charge in [-0.25, -0.2) is 0 Å². The topological polar surface area (TPSA) is 54.3 Å².